The van der Waals surface area contributed by atoms with E-state index in [1.807, 2.05) is 121 Å². The topological polar surface area (TPSA) is 122 Å². The number of aromatic amines is 1. The molecule has 0 saturated carbocycles. The number of hydrogen-bond donors (Lipinski definition) is 1. The summed E-state index contributed by atoms with van der Waals surface area (Å²) in [6.07, 6.45) is 2.21. The molecule has 10 heteroatoms. The molecule has 10 nitrogen and oxygen atoms in total. The molecule has 1 aromatic heterocycles. The lowest BCUT2D eigenvalue weighted by Gasteiger charge is -2.28. The van der Waals surface area contributed by atoms with Crippen molar-refractivity contribution < 1.29 is 42.8 Å². The van der Waals surface area contributed by atoms with Crippen LogP contribution in [0.25, 0.3) is 0 Å². The standard InChI is InChI=1S/C45H29NO9/c47-28-29-24-36(40-38(25-29)52-44(54-40,31-14-5-1-6-15-31)32-16-7-2-8-17-32)50-42(48)30-26-37(51-43(49)35-22-13-23-46-35)41-39(27-30)53-45(55-41,33-18-9-3-10-19-33)34-20-11-4-12-21-34/h1-28,46H. The van der Waals surface area contributed by atoms with E-state index in [4.69, 9.17) is 28.4 Å². The zero-order chi connectivity index (χ0) is 37.4. The Morgan fingerprint density at radius 3 is 1.42 bits per heavy atom. The first-order valence-electron chi connectivity index (χ1n) is 17.3. The first-order chi connectivity index (χ1) is 27.0. The molecule has 1 N–H and O–H groups in total. The van der Waals surface area contributed by atoms with Gasteiger partial charge in [0.2, 0.25) is 11.5 Å². The van der Waals surface area contributed by atoms with Gasteiger partial charge in [-0.05, 0) is 36.4 Å². The van der Waals surface area contributed by atoms with E-state index in [0.717, 1.165) is 0 Å². The zero-order valence-electron chi connectivity index (χ0n) is 28.8. The highest BCUT2D eigenvalue weighted by Crippen LogP contribution is 2.54. The second-order valence-electron chi connectivity index (χ2n) is 12.7. The summed E-state index contributed by atoms with van der Waals surface area (Å²) in [5.41, 5.74) is 2.97. The number of fused-ring (bicyclic) bond motifs is 2. The van der Waals surface area contributed by atoms with Gasteiger partial charge in [-0.25, -0.2) is 9.59 Å². The number of rotatable bonds is 9. The molecule has 2 aliphatic rings. The average molecular weight is 728 g/mol. The van der Waals surface area contributed by atoms with Gasteiger partial charge in [-0.3, -0.25) is 4.79 Å². The highest BCUT2D eigenvalue weighted by molar-refractivity contribution is 5.95. The number of benzene rings is 6. The molecule has 0 saturated heterocycles. The quantitative estimate of drug-likeness (QED) is 0.0885. The Balaban J connectivity index is 1.12. The van der Waals surface area contributed by atoms with Crippen LogP contribution in [-0.2, 0) is 11.6 Å². The van der Waals surface area contributed by atoms with Crippen LogP contribution in [0.3, 0.4) is 0 Å². The van der Waals surface area contributed by atoms with Crippen LogP contribution in [0, 0.1) is 0 Å². The van der Waals surface area contributed by atoms with Gasteiger partial charge in [0.1, 0.15) is 12.0 Å². The molecule has 0 unspecified atom stereocenters. The number of hydrogen-bond acceptors (Lipinski definition) is 9. The van der Waals surface area contributed by atoms with E-state index in [9.17, 15) is 14.4 Å². The van der Waals surface area contributed by atoms with Gasteiger partial charge in [-0.1, -0.05) is 121 Å². The molecule has 9 rings (SSSR count). The predicted molar refractivity (Wildman–Crippen MR) is 199 cm³/mol. The van der Waals surface area contributed by atoms with Crippen molar-refractivity contribution in [1.82, 2.24) is 4.98 Å². The first-order valence-corrected chi connectivity index (χ1v) is 17.3. The second-order valence-corrected chi connectivity index (χ2v) is 12.7. The summed E-state index contributed by atoms with van der Waals surface area (Å²) in [5, 5.41) is 0. The Bertz CT molecular complexity index is 2460. The van der Waals surface area contributed by atoms with Crippen molar-refractivity contribution in [3.05, 3.63) is 203 Å². The van der Waals surface area contributed by atoms with Crippen LogP contribution in [0.1, 0.15) is 53.5 Å². The van der Waals surface area contributed by atoms with Crippen LogP contribution in [0.2, 0.25) is 0 Å². The summed E-state index contributed by atoms with van der Waals surface area (Å²) in [6, 6.07) is 46.1. The van der Waals surface area contributed by atoms with Crippen LogP contribution < -0.4 is 28.4 Å². The number of nitrogens with one attached hydrogen (secondary N) is 1. The smallest absolute Gasteiger partial charge is 0.360 e. The van der Waals surface area contributed by atoms with E-state index in [1.54, 1.807) is 18.3 Å². The van der Waals surface area contributed by atoms with E-state index in [1.165, 1.54) is 24.3 Å². The van der Waals surface area contributed by atoms with E-state index in [-0.39, 0.29) is 51.3 Å². The van der Waals surface area contributed by atoms with Gasteiger partial charge < -0.3 is 33.4 Å². The number of H-pyrrole nitrogens is 1. The van der Waals surface area contributed by atoms with Gasteiger partial charge in [0.25, 0.3) is 0 Å². The van der Waals surface area contributed by atoms with Crippen molar-refractivity contribution in [2.24, 2.45) is 0 Å². The first kappa shape index (κ1) is 33.3. The summed E-state index contributed by atoms with van der Waals surface area (Å²) in [7, 11) is 0. The van der Waals surface area contributed by atoms with Gasteiger partial charge in [0, 0.05) is 34.0 Å². The number of aromatic nitrogens is 1. The van der Waals surface area contributed by atoms with Gasteiger partial charge in [0.05, 0.1) is 5.56 Å². The van der Waals surface area contributed by atoms with E-state index < -0.39 is 23.5 Å². The largest absolute Gasteiger partial charge is 0.440 e. The minimum absolute atomic E-state index is 0.0462. The van der Waals surface area contributed by atoms with Crippen LogP contribution in [0.4, 0.5) is 0 Å². The molecule has 3 heterocycles. The Morgan fingerprint density at radius 1 is 0.509 bits per heavy atom. The minimum Gasteiger partial charge on any atom is -0.440 e. The second kappa shape index (κ2) is 13.4. The maximum absolute atomic E-state index is 14.2. The molecule has 0 amide bonds. The van der Waals surface area contributed by atoms with E-state index >= 15 is 0 Å². The molecular weight excluding hydrogens is 698 g/mol. The maximum atomic E-state index is 14.2. The number of carbonyl (C=O) groups excluding carboxylic acids is 3. The summed E-state index contributed by atoms with van der Waals surface area (Å²) in [4.78, 5) is 42.5. The third-order valence-corrected chi connectivity index (χ3v) is 9.27. The fraction of sp³-hybridized carbons (Fsp3) is 0.0444. The third-order valence-electron chi connectivity index (χ3n) is 9.27. The molecule has 268 valence electrons. The molecule has 55 heavy (non-hydrogen) atoms. The van der Waals surface area contributed by atoms with Crippen LogP contribution in [0.15, 0.2) is 164 Å². The summed E-state index contributed by atoms with van der Waals surface area (Å²) in [5.74, 6) is -4.17. The molecule has 0 spiro atoms. The van der Waals surface area contributed by atoms with E-state index in [2.05, 4.69) is 4.98 Å². The van der Waals surface area contributed by atoms with Gasteiger partial charge >= 0.3 is 23.5 Å². The lowest BCUT2D eigenvalue weighted by Crippen LogP contribution is -2.36. The van der Waals surface area contributed by atoms with Crippen molar-refractivity contribution in [1.29, 1.82) is 0 Å². The number of ether oxygens (including phenoxy) is 6. The molecule has 2 aliphatic heterocycles. The fourth-order valence-electron chi connectivity index (χ4n) is 6.71. The third kappa shape index (κ3) is 5.82. The SMILES string of the molecule is O=Cc1cc(OC(=O)c2cc(OC(=O)c3ccc[nH]3)c3c(c2)OC(c2ccccc2)(c2ccccc2)O3)c2c(c1)OC(c1ccccc1)(c1ccccc1)O2. The summed E-state index contributed by atoms with van der Waals surface area (Å²) < 4.78 is 38.3. The Morgan fingerprint density at radius 2 is 0.964 bits per heavy atom. The number of aldehydes is 1. The van der Waals surface area contributed by atoms with Crippen LogP contribution in [0.5, 0.6) is 34.5 Å². The Kier molecular flexibility index (Phi) is 8.12. The fourth-order valence-corrected chi connectivity index (χ4v) is 6.71. The molecule has 0 radical (unpaired) electrons. The molecule has 0 aliphatic carbocycles. The molecule has 7 aromatic rings. The normalized spacial score (nSPS) is 14.2. The van der Waals surface area contributed by atoms with Gasteiger partial charge in [0.15, 0.2) is 23.0 Å². The molecule has 6 aromatic carbocycles. The summed E-state index contributed by atoms with van der Waals surface area (Å²) in [6.45, 7) is 0. The van der Waals surface area contributed by atoms with Gasteiger partial charge in [-0.15, -0.1) is 0 Å². The zero-order valence-corrected chi connectivity index (χ0v) is 28.8. The van der Waals surface area contributed by atoms with Crippen molar-refractivity contribution in [3.63, 3.8) is 0 Å². The Labute approximate surface area is 314 Å². The van der Waals surface area contributed by atoms with Crippen molar-refractivity contribution in [2.45, 2.75) is 11.6 Å². The van der Waals surface area contributed by atoms with Crippen molar-refractivity contribution in [3.8, 4) is 34.5 Å². The van der Waals surface area contributed by atoms with Crippen molar-refractivity contribution in [2.75, 3.05) is 0 Å². The van der Waals surface area contributed by atoms with Gasteiger partial charge in [-0.2, -0.15) is 0 Å². The highest BCUT2D eigenvalue weighted by Gasteiger charge is 2.49. The maximum Gasteiger partial charge on any atom is 0.360 e. The molecule has 0 bridgehead atoms. The van der Waals surface area contributed by atoms with Crippen LogP contribution >= 0.6 is 0 Å². The predicted octanol–water partition coefficient (Wildman–Crippen LogP) is 8.61. The lowest BCUT2D eigenvalue weighted by molar-refractivity contribution is -0.0468. The number of esters is 2. The van der Waals surface area contributed by atoms with Crippen LogP contribution in [-0.4, -0.2) is 23.2 Å². The Hall–Kier alpha value is -7.59. The lowest BCUT2D eigenvalue weighted by atomic mass is 9.97. The van der Waals surface area contributed by atoms with Crippen molar-refractivity contribution >= 4 is 18.2 Å². The molecule has 0 fully saturated rings. The highest BCUT2D eigenvalue weighted by atomic mass is 16.7. The molecule has 0 atom stereocenters. The minimum atomic E-state index is -1.50. The molecular formula is C45H29NO9. The monoisotopic (exact) mass is 727 g/mol. The van der Waals surface area contributed by atoms with E-state index in [0.29, 0.717) is 28.5 Å². The average Bonchev–Trinajstić information content (AvgIpc) is 4.01. The number of carbonyl (C=O) groups is 3. The summed E-state index contributed by atoms with van der Waals surface area (Å²) >= 11 is 0.